The zero-order valence-corrected chi connectivity index (χ0v) is 20.5. The third-order valence-electron chi connectivity index (χ3n) is 7.22. The highest BCUT2D eigenvalue weighted by Crippen LogP contribution is 2.51. The minimum absolute atomic E-state index is 0.0108. The van der Waals surface area contributed by atoms with E-state index < -0.39 is 51.5 Å². The minimum Gasteiger partial charge on any atom is -0.501 e. The van der Waals surface area contributed by atoms with Crippen molar-refractivity contribution >= 4 is 17.7 Å². The van der Waals surface area contributed by atoms with Crippen LogP contribution in [0.2, 0.25) is 0 Å². The van der Waals surface area contributed by atoms with E-state index in [0.29, 0.717) is 18.4 Å². The summed E-state index contributed by atoms with van der Waals surface area (Å²) in [4.78, 5) is 56.9. The predicted molar refractivity (Wildman–Crippen MR) is 127 cm³/mol. The molecule has 12 heteroatoms. The second kappa shape index (κ2) is 9.65. The molecule has 5 rings (SSSR count). The van der Waals surface area contributed by atoms with Gasteiger partial charge < -0.3 is 20.6 Å². The van der Waals surface area contributed by atoms with Gasteiger partial charge in [0.25, 0.3) is 11.5 Å². The molecule has 1 aliphatic carbocycles. The highest BCUT2D eigenvalue weighted by molar-refractivity contribution is 6.35. The average Bonchev–Trinajstić information content (AvgIpc) is 3.08. The Kier molecular flexibility index (Phi) is 6.73. The highest BCUT2D eigenvalue weighted by atomic mass is 19.1. The fourth-order valence-corrected chi connectivity index (χ4v) is 5.06. The fraction of sp³-hybridized carbons (Fsp3) is 0.440. The van der Waals surface area contributed by atoms with E-state index in [1.807, 2.05) is 0 Å². The zero-order chi connectivity index (χ0) is 27.0. The zero-order valence-electron chi connectivity index (χ0n) is 20.5. The second-order valence-corrected chi connectivity index (χ2v) is 9.90. The van der Waals surface area contributed by atoms with Gasteiger partial charge in [-0.25, -0.2) is 9.37 Å². The molecule has 2 aromatic rings. The molecule has 3 aliphatic rings. The topological polar surface area (TPSA) is 157 Å². The predicted octanol–water partition coefficient (Wildman–Crippen LogP) is 0.905. The molecule has 1 fully saturated rings. The third kappa shape index (κ3) is 4.76. The lowest BCUT2D eigenvalue weighted by molar-refractivity contribution is -0.145. The number of hydrogen-bond acceptors (Lipinski definition) is 7. The number of likely N-dealkylation sites (N-methyl/N-ethyl adjacent to an activating group) is 1. The Morgan fingerprint density at radius 3 is 2.43 bits per heavy atom. The largest absolute Gasteiger partial charge is 0.501 e. The lowest BCUT2D eigenvalue weighted by atomic mass is 9.67. The van der Waals surface area contributed by atoms with Crippen molar-refractivity contribution in [3.8, 4) is 11.8 Å². The summed E-state index contributed by atoms with van der Waals surface area (Å²) in [7, 11) is 2.87. The highest BCUT2D eigenvalue weighted by Gasteiger charge is 2.52. The van der Waals surface area contributed by atoms with Crippen LogP contribution in [0.15, 0.2) is 29.1 Å². The van der Waals surface area contributed by atoms with Crippen LogP contribution < -0.4 is 16.2 Å². The summed E-state index contributed by atoms with van der Waals surface area (Å²) < 4.78 is 14.4. The van der Waals surface area contributed by atoms with Crippen molar-refractivity contribution < 1.29 is 23.9 Å². The summed E-state index contributed by atoms with van der Waals surface area (Å²) in [6, 6.07) is 7.60. The van der Waals surface area contributed by atoms with Crippen LogP contribution in [0, 0.1) is 22.6 Å². The monoisotopic (exact) mass is 510 g/mol. The summed E-state index contributed by atoms with van der Waals surface area (Å²) in [5, 5.41) is 25.4. The Labute approximate surface area is 211 Å². The molecule has 3 amide bonds. The third-order valence-corrected chi connectivity index (χ3v) is 7.22. The number of aromatic nitrogens is 2. The van der Waals surface area contributed by atoms with E-state index >= 15 is 0 Å². The summed E-state index contributed by atoms with van der Waals surface area (Å²) >= 11 is 0. The van der Waals surface area contributed by atoms with Gasteiger partial charge in [0.1, 0.15) is 11.6 Å². The molecule has 1 aromatic heterocycles. The molecule has 1 saturated carbocycles. The standard InChI is InChI=1S/C25H27FN6O5/c1-31(2)22(37)20(35)30-25-9-7-24(8-10-25,11-12-27)14-32-21(36)18(33)17(29-23(25)32)19(34)28-13-15-3-5-16(26)6-4-15/h3-6,33H,7-11,13-14H2,1-2H3,(H,28,34)(H,30,35). The van der Waals surface area contributed by atoms with Gasteiger partial charge in [0.15, 0.2) is 5.69 Å². The van der Waals surface area contributed by atoms with Crippen LogP contribution >= 0.6 is 0 Å². The summed E-state index contributed by atoms with van der Waals surface area (Å²) in [6.07, 6.45) is 1.66. The smallest absolute Gasteiger partial charge is 0.311 e. The molecule has 194 valence electrons. The van der Waals surface area contributed by atoms with Crippen molar-refractivity contribution in [3.05, 3.63) is 57.5 Å². The fourth-order valence-electron chi connectivity index (χ4n) is 5.06. The summed E-state index contributed by atoms with van der Waals surface area (Å²) in [6.45, 7) is 0.0646. The molecule has 0 spiro atoms. The van der Waals surface area contributed by atoms with Crippen molar-refractivity contribution in [2.45, 2.75) is 50.7 Å². The number of carbonyl (C=O) groups is 3. The van der Waals surface area contributed by atoms with Crippen LogP contribution in [-0.4, -0.2) is 51.4 Å². The quantitative estimate of drug-likeness (QED) is 0.505. The van der Waals surface area contributed by atoms with E-state index in [0.717, 1.165) is 4.90 Å². The maximum atomic E-state index is 13.3. The first-order chi connectivity index (χ1) is 17.5. The van der Waals surface area contributed by atoms with Gasteiger partial charge in [0, 0.05) is 39.0 Å². The number of rotatable bonds is 5. The van der Waals surface area contributed by atoms with Crippen LogP contribution in [0.4, 0.5) is 4.39 Å². The average molecular weight is 511 g/mol. The number of fused-ring (bicyclic) bond motifs is 2. The number of nitrogens with zero attached hydrogens (tertiary/aromatic N) is 4. The van der Waals surface area contributed by atoms with Gasteiger partial charge in [0.2, 0.25) is 5.75 Å². The first kappa shape index (κ1) is 25.8. The van der Waals surface area contributed by atoms with Crippen molar-refractivity contribution in [2.24, 2.45) is 5.41 Å². The number of nitrogens with one attached hydrogen (secondary N) is 2. The van der Waals surface area contributed by atoms with E-state index in [-0.39, 0.29) is 38.2 Å². The number of nitriles is 1. The number of amides is 3. The van der Waals surface area contributed by atoms with Gasteiger partial charge >= 0.3 is 11.8 Å². The maximum absolute atomic E-state index is 13.3. The van der Waals surface area contributed by atoms with Crippen LogP contribution in [-0.2, 0) is 28.2 Å². The lowest BCUT2D eigenvalue weighted by Gasteiger charge is -2.41. The molecular formula is C25H27FN6O5. The molecule has 2 bridgehead atoms. The van der Waals surface area contributed by atoms with Crippen LogP contribution in [0.5, 0.6) is 5.75 Å². The van der Waals surface area contributed by atoms with Gasteiger partial charge in [0.05, 0.1) is 11.6 Å². The van der Waals surface area contributed by atoms with E-state index in [2.05, 4.69) is 21.7 Å². The van der Waals surface area contributed by atoms with E-state index in [1.54, 1.807) is 0 Å². The van der Waals surface area contributed by atoms with Crippen molar-refractivity contribution in [1.82, 2.24) is 25.1 Å². The lowest BCUT2D eigenvalue weighted by Crippen LogP contribution is -2.54. The Morgan fingerprint density at radius 1 is 1.19 bits per heavy atom. The van der Waals surface area contributed by atoms with Crippen molar-refractivity contribution in [2.75, 3.05) is 14.1 Å². The number of hydrogen-bond donors (Lipinski definition) is 3. The number of halogens is 1. The second-order valence-electron chi connectivity index (χ2n) is 9.90. The molecule has 0 unspecified atom stereocenters. The molecule has 37 heavy (non-hydrogen) atoms. The van der Waals surface area contributed by atoms with Gasteiger partial charge in [-0.3, -0.25) is 23.7 Å². The molecule has 0 saturated heterocycles. The van der Waals surface area contributed by atoms with Crippen molar-refractivity contribution in [3.63, 3.8) is 0 Å². The normalized spacial score (nSPS) is 21.8. The van der Waals surface area contributed by atoms with Crippen LogP contribution in [0.3, 0.4) is 0 Å². The first-order valence-electron chi connectivity index (χ1n) is 11.8. The van der Waals surface area contributed by atoms with E-state index in [9.17, 15) is 33.9 Å². The Balaban J connectivity index is 1.76. The van der Waals surface area contributed by atoms with Crippen molar-refractivity contribution in [1.29, 1.82) is 5.26 Å². The Bertz CT molecular complexity index is 1350. The molecular weight excluding hydrogens is 483 g/mol. The Morgan fingerprint density at radius 2 is 1.84 bits per heavy atom. The van der Waals surface area contributed by atoms with Gasteiger partial charge in [-0.2, -0.15) is 5.26 Å². The molecule has 2 aliphatic heterocycles. The SMILES string of the molecule is CN(C)C(=O)C(=O)NC12CCC(CC#N)(CC1)Cn1c2nc(C(=O)NCc2ccc(F)cc2)c(O)c1=O. The number of aromatic hydroxyl groups is 1. The molecule has 0 atom stereocenters. The summed E-state index contributed by atoms with van der Waals surface area (Å²) in [5.41, 5.74) is -2.64. The van der Waals surface area contributed by atoms with Crippen LogP contribution in [0.1, 0.15) is 54.0 Å². The van der Waals surface area contributed by atoms with Gasteiger partial charge in [-0.05, 0) is 43.4 Å². The van der Waals surface area contributed by atoms with Gasteiger partial charge in [-0.1, -0.05) is 12.1 Å². The Hall–Kier alpha value is -4.27. The molecule has 0 radical (unpaired) electrons. The van der Waals surface area contributed by atoms with E-state index in [4.69, 9.17) is 0 Å². The molecule has 3 heterocycles. The molecule has 11 nitrogen and oxygen atoms in total. The maximum Gasteiger partial charge on any atom is 0.311 e. The molecule has 3 N–H and O–H groups in total. The minimum atomic E-state index is -1.25. The van der Waals surface area contributed by atoms with E-state index in [1.165, 1.54) is 42.9 Å². The number of benzene rings is 1. The summed E-state index contributed by atoms with van der Waals surface area (Å²) in [5.74, 6) is -3.76. The number of carbonyl (C=O) groups excluding carboxylic acids is 3. The first-order valence-corrected chi connectivity index (χ1v) is 11.8. The van der Waals surface area contributed by atoms with Gasteiger partial charge in [-0.15, -0.1) is 0 Å². The van der Waals surface area contributed by atoms with Crippen LogP contribution in [0.25, 0.3) is 0 Å². The molecule has 1 aromatic carbocycles.